The number of benzene rings is 1. The molecular weight excluding hydrogens is 382 g/mol. The number of nitrogens with zero attached hydrogens (tertiary/aromatic N) is 1. The Kier molecular flexibility index (Phi) is 11.5. The number of nitrogens with one attached hydrogen (secondary N) is 2. The molecule has 2 aromatic rings. The lowest BCUT2D eigenvalue weighted by molar-refractivity contribution is -0.123. The average Bonchev–Trinajstić information content (AvgIpc) is 3.13. The molecule has 1 heterocycles. The molecule has 0 bridgehead atoms. The molecule has 1 aromatic carbocycles. The number of carbonyl (C=O) groups excluding carboxylic acids is 2. The highest BCUT2D eigenvalue weighted by molar-refractivity contribution is 5.95. The van der Waals surface area contributed by atoms with Crippen LogP contribution in [0.5, 0.6) is 5.75 Å². The van der Waals surface area contributed by atoms with Crippen molar-refractivity contribution < 1.29 is 28.8 Å². The van der Waals surface area contributed by atoms with Crippen LogP contribution in [-0.2, 0) is 16.1 Å². The Balaban J connectivity index is 0.00000143. The lowest BCUT2D eigenvalue weighted by Gasteiger charge is -2.12. The molecule has 2 rings (SSSR count). The number of amides is 2. The Morgan fingerprint density at radius 3 is 2.41 bits per heavy atom. The van der Waals surface area contributed by atoms with E-state index in [0.717, 1.165) is 0 Å². The van der Waals surface area contributed by atoms with Crippen molar-refractivity contribution in [3.05, 3.63) is 46.8 Å². The van der Waals surface area contributed by atoms with Gasteiger partial charge in [-0.05, 0) is 13.0 Å². The quantitative estimate of drug-likeness (QED) is 0.252. The zero-order chi connectivity index (χ0) is 22.4. The standard InChI is InChI=1S/C15H17N5O4.C2H6.CH2O2/c1-8-4-12(24-20-8)15(22)19-6-10-3-2-9(14(17)18)5-11(10)23-7-13(16)21;1-2;2-1-3/h2-5H,6-7H2,1H3,(H2,16,21)(H3,17,18)(H,19,22);1-2H3;1H,(H,2,3). The minimum absolute atomic E-state index is 0.0902. The summed E-state index contributed by atoms with van der Waals surface area (Å²) in [5.41, 5.74) is 12.1. The van der Waals surface area contributed by atoms with Gasteiger partial charge in [0.25, 0.3) is 18.3 Å². The summed E-state index contributed by atoms with van der Waals surface area (Å²) in [5.74, 6) is -0.836. The van der Waals surface area contributed by atoms with Gasteiger partial charge in [0.1, 0.15) is 11.6 Å². The minimum atomic E-state index is -0.643. The molecule has 0 fully saturated rings. The number of nitrogens with two attached hydrogens (primary N) is 2. The van der Waals surface area contributed by atoms with Crippen molar-refractivity contribution in [2.45, 2.75) is 27.3 Å². The molecule has 0 radical (unpaired) electrons. The van der Waals surface area contributed by atoms with E-state index in [2.05, 4.69) is 10.5 Å². The number of carboxylic acid groups (broad SMARTS) is 1. The molecule has 11 nitrogen and oxygen atoms in total. The second-order valence-corrected chi connectivity index (χ2v) is 5.11. The van der Waals surface area contributed by atoms with Gasteiger partial charge < -0.3 is 31.2 Å². The molecule has 0 saturated heterocycles. The van der Waals surface area contributed by atoms with Crippen molar-refractivity contribution in [3.8, 4) is 5.75 Å². The predicted octanol–water partition coefficient (Wildman–Crippen LogP) is 0.788. The van der Waals surface area contributed by atoms with Crippen LogP contribution in [0.2, 0.25) is 0 Å². The highest BCUT2D eigenvalue weighted by atomic mass is 16.5. The number of primary amides is 1. The summed E-state index contributed by atoms with van der Waals surface area (Å²) in [5, 5.41) is 20.6. The third-order valence-corrected chi connectivity index (χ3v) is 3.04. The fourth-order valence-corrected chi connectivity index (χ4v) is 1.88. The average molecular weight is 407 g/mol. The molecule has 0 saturated carbocycles. The summed E-state index contributed by atoms with van der Waals surface area (Å²) >= 11 is 0. The van der Waals surface area contributed by atoms with Crippen LogP contribution >= 0.6 is 0 Å². The van der Waals surface area contributed by atoms with E-state index in [4.69, 9.17) is 36.0 Å². The van der Waals surface area contributed by atoms with Gasteiger partial charge >= 0.3 is 0 Å². The first-order valence-electron chi connectivity index (χ1n) is 8.46. The van der Waals surface area contributed by atoms with Crippen molar-refractivity contribution in [2.75, 3.05) is 6.61 Å². The van der Waals surface area contributed by atoms with Gasteiger partial charge in [0.05, 0.1) is 5.69 Å². The summed E-state index contributed by atoms with van der Waals surface area (Å²) in [6, 6.07) is 6.27. The minimum Gasteiger partial charge on any atom is -0.483 e. The van der Waals surface area contributed by atoms with Gasteiger partial charge in [-0.25, -0.2) is 0 Å². The number of aromatic nitrogens is 1. The predicted molar refractivity (Wildman–Crippen MR) is 105 cm³/mol. The maximum absolute atomic E-state index is 12.0. The topological polar surface area (TPSA) is 195 Å². The Morgan fingerprint density at radius 2 is 1.93 bits per heavy atom. The molecule has 0 spiro atoms. The number of hydrogen-bond donors (Lipinski definition) is 5. The van der Waals surface area contributed by atoms with E-state index in [0.29, 0.717) is 22.6 Å². The number of carbonyl (C=O) groups is 3. The van der Waals surface area contributed by atoms with Crippen LogP contribution in [0.15, 0.2) is 28.8 Å². The molecule has 2 amide bonds. The van der Waals surface area contributed by atoms with Crippen LogP contribution in [0, 0.1) is 12.3 Å². The van der Waals surface area contributed by atoms with Crippen LogP contribution in [0.3, 0.4) is 0 Å². The number of amidine groups is 1. The van der Waals surface area contributed by atoms with E-state index in [9.17, 15) is 9.59 Å². The number of aryl methyl sites for hydroxylation is 1. The van der Waals surface area contributed by atoms with Crippen LogP contribution < -0.4 is 21.5 Å². The Labute approximate surface area is 167 Å². The molecule has 0 aliphatic carbocycles. The maximum atomic E-state index is 12.0. The third-order valence-electron chi connectivity index (χ3n) is 3.04. The normalized spacial score (nSPS) is 9.07. The molecule has 0 aliphatic rings. The number of nitrogen functional groups attached to an aromatic ring is 1. The van der Waals surface area contributed by atoms with Gasteiger partial charge in [-0.15, -0.1) is 0 Å². The van der Waals surface area contributed by atoms with E-state index in [1.807, 2.05) is 13.8 Å². The fourth-order valence-electron chi connectivity index (χ4n) is 1.88. The summed E-state index contributed by atoms with van der Waals surface area (Å²) in [6.45, 7) is 5.24. The SMILES string of the molecule is CC.Cc1cc(C(=O)NCc2ccc(C(=N)N)cc2OCC(N)=O)on1.O=CO. The second-order valence-electron chi connectivity index (χ2n) is 5.11. The first-order chi connectivity index (χ1) is 13.8. The molecule has 158 valence electrons. The van der Waals surface area contributed by atoms with Gasteiger partial charge in [-0.2, -0.15) is 0 Å². The van der Waals surface area contributed by atoms with Crippen LogP contribution in [0.25, 0.3) is 0 Å². The van der Waals surface area contributed by atoms with Crippen molar-refractivity contribution >= 4 is 24.1 Å². The Hall–Kier alpha value is -3.89. The smallest absolute Gasteiger partial charge is 0.290 e. The van der Waals surface area contributed by atoms with Gasteiger partial charge in [0.15, 0.2) is 6.61 Å². The van der Waals surface area contributed by atoms with Gasteiger partial charge in [-0.3, -0.25) is 19.8 Å². The summed E-state index contributed by atoms with van der Waals surface area (Å²) < 4.78 is 10.2. The van der Waals surface area contributed by atoms with Gasteiger partial charge in [0, 0.05) is 23.7 Å². The van der Waals surface area contributed by atoms with Gasteiger partial charge in [0.2, 0.25) is 5.76 Å². The summed E-state index contributed by atoms with van der Waals surface area (Å²) in [4.78, 5) is 31.2. The monoisotopic (exact) mass is 407 g/mol. The second kappa shape index (κ2) is 13.3. The van der Waals surface area contributed by atoms with Crippen molar-refractivity contribution in [3.63, 3.8) is 0 Å². The van der Waals surface area contributed by atoms with Crippen LogP contribution in [-0.4, -0.2) is 41.0 Å². The number of ether oxygens (including phenoxy) is 1. The first kappa shape index (κ1) is 25.1. The lowest BCUT2D eigenvalue weighted by Crippen LogP contribution is -2.24. The summed E-state index contributed by atoms with van der Waals surface area (Å²) in [7, 11) is 0. The van der Waals surface area contributed by atoms with E-state index >= 15 is 0 Å². The van der Waals surface area contributed by atoms with E-state index < -0.39 is 11.8 Å². The van der Waals surface area contributed by atoms with Gasteiger partial charge in [-0.1, -0.05) is 31.1 Å². The van der Waals surface area contributed by atoms with E-state index in [1.54, 1.807) is 19.1 Å². The molecule has 29 heavy (non-hydrogen) atoms. The Bertz CT molecular complexity index is 834. The van der Waals surface area contributed by atoms with Crippen molar-refractivity contribution in [2.24, 2.45) is 11.5 Å². The third kappa shape index (κ3) is 9.04. The molecule has 0 aliphatic heterocycles. The van der Waals surface area contributed by atoms with Crippen molar-refractivity contribution in [1.29, 1.82) is 5.41 Å². The molecule has 0 atom stereocenters. The molecule has 7 N–H and O–H groups in total. The highest BCUT2D eigenvalue weighted by Gasteiger charge is 2.13. The van der Waals surface area contributed by atoms with Crippen LogP contribution in [0.4, 0.5) is 0 Å². The van der Waals surface area contributed by atoms with E-state index in [1.165, 1.54) is 12.1 Å². The lowest BCUT2D eigenvalue weighted by atomic mass is 10.1. The molecular formula is C18H25N5O6. The zero-order valence-electron chi connectivity index (χ0n) is 16.4. The van der Waals surface area contributed by atoms with Crippen molar-refractivity contribution in [1.82, 2.24) is 10.5 Å². The zero-order valence-corrected chi connectivity index (χ0v) is 16.4. The molecule has 0 unspecified atom stereocenters. The van der Waals surface area contributed by atoms with E-state index in [-0.39, 0.29) is 31.2 Å². The summed E-state index contributed by atoms with van der Waals surface area (Å²) in [6.07, 6.45) is 0. The molecule has 11 heteroatoms. The maximum Gasteiger partial charge on any atom is 0.290 e. The number of hydrogen-bond acceptors (Lipinski definition) is 7. The van der Waals surface area contributed by atoms with Crippen LogP contribution in [0.1, 0.15) is 41.2 Å². The molecule has 1 aromatic heterocycles. The first-order valence-corrected chi connectivity index (χ1v) is 8.46. The highest BCUT2D eigenvalue weighted by Crippen LogP contribution is 2.21. The fraction of sp³-hybridized carbons (Fsp3) is 0.278. The Morgan fingerprint density at radius 1 is 1.31 bits per heavy atom. The largest absolute Gasteiger partial charge is 0.483 e. The number of rotatable bonds is 7.